The van der Waals surface area contributed by atoms with Crippen LogP contribution in [0.4, 0.5) is 0 Å². The van der Waals surface area contributed by atoms with Crippen LogP contribution in [0.3, 0.4) is 0 Å². The van der Waals surface area contributed by atoms with Crippen LogP contribution in [0, 0.1) is 0 Å². The van der Waals surface area contributed by atoms with Crippen LogP contribution >= 0.6 is 0 Å². The molecule has 14 aromatic carbocycles. The third kappa shape index (κ3) is 6.03. The molecule has 81 heavy (non-hydrogen) atoms. The number of hydrogen-bond acceptors (Lipinski definition) is 0. The number of benzene rings is 14. The van der Waals surface area contributed by atoms with E-state index in [-0.39, 0.29) is 0 Å². The van der Waals surface area contributed by atoms with E-state index in [1.807, 2.05) is 0 Å². The molecule has 0 heteroatoms. The third-order valence-corrected chi connectivity index (χ3v) is 18.5. The molecule has 0 atom stereocenters. The summed E-state index contributed by atoms with van der Waals surface area (Å²) in [7, 11) is 0. The van der Waals surface area contributed by atoms with Crippen molar-refractivity contribution in [1.29, 1.82) is 0 Å². The fraction of sp³-hybridized carbons (Fsp3) is 0.0123. The van der Waals surface area contributed by atoms with E-state index in [1.165, 1.54) is 177 Å². The van der Waals surface area contributed by atoms with E-state index < -0.39 is 5.41 Å². The lowest BCUT2D eigenvalue weighted by Gasteiger charge is -2.31. The van der Waals surface area contributed by atoms with Crippen LogP contribution in [-0.4, -0.2) is 0 Å². The van der Waals surface area contributed by atoms with Gasteiger partial charge in [-0.15, -0.1) is 0 Å². The van der Waals surface area contributed by atoms with E-state index in [2.05, 4.69) is 291 Å². The summed E-state index contributed by atoms with van der Waals surface area (Å²) < 4.78 is 0. The molecule has 1 spiro atoms. The van der Waals surface area contributed by atoms with Crippen LogP contribution in [0.2, 0.25) is 0 Å². The monoisotopic (exact) mass is 1020 g/mol. The Morgan fingerprint density at radius 2 is 0.469 bits per heavy atom. The van der Waals surface area contributed by atoms with Crippen LogP contribution in [0.15, 0.2) is 291 Å². The molecule has 0 amide bonds. The molecule has 0 radical (unpaired) electrons. The van der Waals surface area contributed by atoms with Gasteiger partial charge in [0, 0.05) is 0 Å². The highest BCUT2D eigenvalue weighted by Crippen LogP contribution is 2.65. The zero-order valence-corrected chi connectivity index (χ0v) is 44.2. The normalized spacial score (nSPS) is 13.0. The van der Waals surface area contributed by atoms with E-state index >= 15 is 0 Å². The molecule has 18 rings (SSSR count). The Kier molecular flexibility index (Phi) is 9.25. The average molecular weight is 1020 g/mol. The standard InChI is InChI=1S/C81H48/c1-5-21-49(22-6-1)65-47-67(75(53-25-9-3-10-26-53)79-63-37-19-31-51-29-17-35-61(73(51)63)77(65)79)55-41-43-59-60-44-42-56(46-72(60)81(71(59)45-55)69-39-15-13-33-57(69)58-34-14-16-40-70(58)81)68-48-66(50-23-7-2-8-24-50)78-62-36-18-30-52-32-20-38-64(74(52)62)80(78)76(68)54-27-11-4-12-28-54/h1-48H. The van der Waals surface area contributed by atoms with Crippen molar-refractivity contribution in [3.05, 3.63) is 313 Å². The molecule has 0 bridgehead atoms. The lowest BCUT2D eigenvalue weighted by Crippen LogP contribution is -2.26. The molecule has 0 unspecified atom stereocenters. The van der Waals surface area contributed by atoms with Crippen molar-refractivity contribution in [3.8, 4) is 134 Å². The fourth-order valence-electron chi connectivity index (χ4n) is 15.4. The van der Waals surface area contributed by atoms with Gasteiger partial charge in [0.05, 0.1) is 5.41 Å². The summed E-state index contributed by atoms with van der Waals surface area (Å²) in [6.45, 7) is 0. The molecule has 0 nitrogen and oxygen atoms in total. The largest absolute Gasteiger partial charge is 0.0725 e. The Morgan fingerprint density at radius 3 is 0.864 bits per heavy atom. The molecule has 372 valence electrons. The molecule has 0 saturated heterocycles. The summed E-state index contributed by atoms with van der Waals surface area (Å²) in [5.74, 6) is 0. The molecule has 0 aromatic heterocycles. The van der Waals surface area contributed by atoms with Crippen molar-refractivity contribution < 1.29 is 0 Å². The van der Waals surface area contributed by atoms with Gasteiger partial charge in [0.15, 0.2) is 0 Å². The summed E-state index contributed by atoms with van der Waals surface area (Å²) >= 11 is 0. The van der Waals surface area contributed by atoms with Gasteiger partial charge in [0.2, 0.25) is 0 Å². The summed E-state index contributed by atoms with van der Waals surface area (Å²) in [4.78, 5) is 0. The Labute approximate surface area is 471 Å². The van der Waals surface area contributed by atoms with E-state index in [1.54, 1.807) is 0 Å². The maximum atomic E-state index is 2.59. The van der Waals surface area contributed by atoms with Crippen molar-refractivity contribution in [3.63, 3.8) is 0 Å². The Bertz CT molecular complexity index is 4680. The summed E-state index contributed by atoms with van der Waals surface area (Å²) in [6, 6.07) is 110. The third-order valence-electron chi connectivity index (χ3n) is 18.5. The lowest BCUT2D eigenvalue weighted by atomic mass is 9.69. The maximum absolute atomic E-state index is 2.59. The minimum atomic E-state index is -0.620. The highest BCUT2D eigenvalue weighted by molar-refractivity contribution is 6.24. The highest BCUT2D eigenvalue weighted by Gasteiger charge is 2.52. The lowest BCUT2D eigenvalue weighted by molar-refractivity contribution is 0.794. The predicted molar refractivity (Wildman–Crippen MR) is 339 cm³/mol. The number of hydrogen-bond donors (Lipinski definition) is 0. The second-order valence-electron chi connectivity index (χ2n) is 22.4. The first-order valence-electron chi connectivity index (χ1n) is 28.4. The molecular weight excluding hydrogens is 973 g/mol. The van der Waals surface area contributed by atoms with Crippen LogP contribution < -0.4 is 0 Å². The van der Waals surface area contributed by atoms with Gasteiger partial charge in [-0.05, 0) is 202 Å². The van der Waals surface area contributed by atoms with Crippen molar-refractivity contribution in [2.45, 2.75) is 5.41 Å². The van der Waals surface area contributed by atoms with Crippen LogP contribution in [0.1, 0.15) is 22.3 Å². The first-order valence-corrected chi connectivity index (χ1v) is 28.4. The van der Waals surface area contributed by atoms with Gasteiger partial charge >= 0.3 is 0 Å². The van der Waals surface area contributed by atoms with E-state index in [0.29, 0.717) is 0 Å². The summed E-state index contributed by atoms with van der Waals surface area (Å²) in [6.07, 6.45) is 0. The van der Waals surface area contributed by atoms with Crippen molar-refractivity contribution >= 4 is 21.5 Å². The first kappa shape index (κ1) is 44.6. The zero-order chi connectivity index (χ0) is 52.9. The average Bonchev–Trinajstić information content (AvgIpc) is 4.36. The minimum absolute atomic E-state index is 0.620. The maximum Gasteiger partial charge on any atom is 0.0725 e. The van der Waals surface area contributed by atoms with Gasteiger partial charge in [-0.3, -0.25) is 0 Å². The molecule has 4 aliphatic carbocycles. The summed E-state index contributed by atoms with van der Waals surface area (Å²) in [5, 5.41) is 5.20. The van der Waals surface area contributed by atoms with E-state index in [9.17, 15) is 0 Å². The van der Waals surface area contributed by atoms with Crippen molar-refractivity contribution in [1.82, 2.24) is 0 Å². The molecular formula is C81H48. The highest BCUT2D eigenvalue weighted by atomic mass is 14.5. The smallest absolute Gasteiger partial charge is 0.0622 e. The topological polar surface area (TPSA) is 0 Å². The molecule has 0 saturated carbocycles. The Hall–Kier alpha value is -10.4. The molecule has 0 fully saturated rings. The van der Waals surface area contributed by atoms with Crippen LogP contribution in [-0.2, 0) is 5.41 Å². The quantitative estimate of drug-likeness (QED) is 0.156. The molecule has 4 aliphatic rings. The second kappa shape index (κ2) is 16.8. The van der Waals surface area contributed by atoms with Gasteiger partial charge in [-0.25, -0.2) is 0 Å². The predicted octanol–water partition coefficient (Wildman–Crippen LogP) is 21.6. The fourth-order valence-corrected chi connectivity index (χ4v) is 15.4. The van der Waals surface area contributed by atoms with E-state index in [4.69, 9.17) is 0 Å². The van der Waals surface area contributed by atoms with Crippen LogP contribution in [0.5, 0.6) is 0 Å². The molecule has 0 heterocycles. The van der Waals surface area contributed by atoms with Gasteiger partial charge in [-0.2, -0.15) is 0 Å². The Balaban J connectivity index is 0.935. The molecule has 0 aliphatic heterocycles. The minimum Gasteiger partial charge on any atom is -0.0622 e. The Morgan fingerprint density at radius 1 is 0.160 bits per heavy atom. The van der Waals surface area contributed by atoms with Gasteiger partial charge in [0.25, 0.3) is 0 Å². The zero-order valence-electron chi connectivity index (χ0n) is 44.2. The van der Waals surface area contributed by atoms with Crippen molar-refractivity contribution in [2.24, 2.45) is 0 Å². The first-order chi connectivity index (χ1) is 40.2. The number of rotatable bonds is 6. The SMILES string of the molecule is c1ccc(-c2cc(-c3ccc4c(c3)C3(c5ccccc5-c5ccccc53)c3cc(-c5cc(-c6ccccc6)c6c(c5-c5ccccc5)-c5cccc7cccc-6c57)ccc3-4)c(-c3ccccc3)c3c2-c2cccc4cccc-3c24)cc1. The van der Waals surface area contributed by atoms with E-state index in [0.717, 1.165) is 0 Å². The molecule has 0 N–H and O–H groups in total. The second-order valence-corrected chi connectivity index (χ2v) is 22.4. The molecule has 14 aromatic rings. The summed E-state index contributed by atoms with van der Waals surface area (Å²) in [5.41, 5.74) is 35.0. The van der Waals surface area contributed by atoms with Gasteiger partial charge < -0.3 is 0 Å². The van der Waals surface area contributed by atoms with Gasteiger partial charge in [0.1, 0.15) is 0 Å². The van der Waals surface area contributed by atoms with Gasteiger partial charge in [-0.1, -0.05) is 267 Å². The number of fused-ring (bicyclic) bond motifs is 16. The van der Waals surface area contributed by atoms with Crippen molar-refractivity contribution in [2.75, 3.05) is 0 Å². The van der Waals surface area contributed by atoms with Crippen LogP contribution in [0.25, 0.3) is 155 Å².